The molecule has 3 rings (SSSR count). The maximum absolute atomic E-state index is 12.3. The van der Waals surface area contributed by atoms with Gasteiger partial charge in [-0.05, 0) is 42.8 Å². The lowest BCUT2D eigenvalue weighted by atomic mass is 10.2. The average molecular weight is 466 g/mol. The van der Waals surface area contributed by atoms with E-state index in [1.54, 1.807) is 23.6 Å². The Balaban J connectivity index is 1.65. The van der Waals surface area contributed by atoms with Gasteiger partial charge < -0.3 is 5.32 Å². The van der Waals surface area contributed by atoms with E-state index in [2.05, 4.69) is 31.0 Å². The molecule has 2 N–H and O–H groups in total. The number of thiazole rings is 1. The number of nitrogens with one attached hydrogen (secondary N) is 2. The summed E-state index contributed by atoms with van der Waals surface area (Å²) in [5.74, 6) is -0.219. The number of carbonyl (C=O) groups is 1. The molecule has 0 aliphatic carbocycles. The van der Waals surface area contributed by atoms with E-state index in [9.17, 15) is 13.2 Å². The van der Waals surface area contributed by atoms with Crippen LogP contribution in [0.3, 0.4) is 0 Å². The lowest BCUT2D eigenvalue weighted by Crippen LogP contribution is -2.16. The number of rotatable bonds is 6. The maximum Gasteiger partial charge on any atom is 0.263 e. The van der Waals surface area contributed by atoms with Gasteiger partial charge in [-0.15, -0.1) is 11.3 Å². The second-order valence-corrected chi connectivity index (χ2v) is 9.20. The summed E-state index contributed by atoms with van der Waals surface area (Å²) in [5.41, 5.74) is 2.16. The normalized spacial score (nSPS) is 11.2. The smallest absolute Gasteiger partial charge is 0.263 e. The van der Waals surface area contributed by atoms with Crippen molar-refractivity contribution in [2.75, 3.05) is 10.0 Å². The van der Waals surface area contributed by atoms with Gasteiger partial charge in [0.1, 0.15) is 0 Å². The number of anilines is 2. The third kappa shape index (κ3) is 5.15. The van der Waals surface area contributed by atoms with Crippen LogP contribution in [0.2, 0.25) is 0 Å². The molecule has 140 valence electrons. The van der Waals surface area contributed by atoms with Crippen LogP contribution in [0.4, 0.5) is 10.8 Å². The molecule has 1 amide bonds. The Morgan fingerprint density at radius 2 is 1.93 bits per heavy atom. The Hall–Kier alpha value is -2.23. The van der Waals surface area contributed by atoms with Crippen LogP contribution >= 0.6 is 27.3 Å². The van der Waals surface area contributed by atoms with E-state index in [0.717, 1.165) is 27.1 Å². The number of hydrogen-bond donors (Lipinski definition) is 2. The summed E-state index contributed by atoms with van der Waals surface area (Å²) in [7, 11) is -3.69. The Kier molecular flexibility index (Phi) is 5.93. The Labute approximate surface area is 169 Å². The Bertz CT molecular complexity index is 1070. The van der Waals surface area contributed by atoms with Crippen LogP contribution in [-0.2, 0) is 21.2 Å². The number of sulfonamides is 1. The summed E-state index contributed by atoms with van der Waals surface area (Å²) in [6.07, 6.45) is 0.0546. The minimum absolute atomic E-state index is 0.0546. The summed E-state index contributed by atoms with van der Waals surface area (Å²) in [5, 5.41) is 4.72. The number of nitrogens with zero attached hydrogens (tertiary/aromatic N) is 1. The fraction of sp³-hybridized carbons (Fsp3) is 0.111. The number of halogens is 1. The van der Waals surface area contributed by atoms with Gasteiger partial charge in [-0.2, -0.15) is 0 Å². The molecule has 3 aromatic rings. The van der Waals surface area contributed by atoms with E-state index in [-0.39, 0.29) is 22.4 Å². The van der Waals surface area contributed by atoms with Crippen LogP contribution in [0, 0.1) is 6.92 Å². The maximum atomic E-state index is 12.3. The molecule has 1 heterocycles. The summed E-state index contributed by atoms with van der Waals surface area (Å²) >= 11 is 4.52. The van der Waals surface area contributed by atoms with Crippen LogP contribution < -0.4 is 10.0 Å². The minimum atomic E-state index is -3.69. The highest BCUT2D eigenvalue weighted by molar-refractivity contribution is 9.10. The van der Waals surface area contributed by atoms with Crippen molar-refractivity contribution >= 4 is 54.0 Å². The first-order chi connectivity index (χ1) is 12.8. The van der Waals surface area contributed by atoms with Crippen molar-refractivity contribution in [2.45, 2.75) is 18.2 Å². The summed E-state index contributed by atoms with van der Waals surface area (Å²) < 4.78 is 28.0. The highest BCUT2D eigenvalue weighted by Gasteiger charge is 2.16. The molecule has 6 nitrogen and oxygen atoms in total. The first-order valence-corrected chi connectivity index (χ1v) is 11.1. The second-order valence-electron chi connectivity index (χ2n) is 5.75. The molecule has 9 heteroatoms. The third-order valence-corrected chi connectivity index (χ3v) is 6.41. The van der Waals surface area contributed by atoms with Crippen molar-refractivity contribution in [3.63, 3.8) is 0 Å². The first kappa shape index (κ1) is 19.5. The van der Waals surface area contributed by atoms with Gasteiger partial charge in [0.05, 0.1) is 17.0 Å². The highest BCUT2D eigenvalue weighted by atomic mass is 79.9. The topological polar surface area (TPSA) is 88.2 Å². The fourth-order valence-corrected chi connectivity index (χ4v) is 4.79. The van der Waals surface area contributed by atoms with E-state index < -0.39 is 10.0 Å². The van der Waals surface area contributed by atoms with E-state index >= 15 is 0 Å². The Morgan fingerprint density at radius 3 is 2.63 bits per heavy atom. The van der Waals surface area contributed by atoms with Crippen molar-refractivity contribution in [2.24, 2.45) is 0 Å². The molecule has 1 aromatic heterocycles. The number of amides is 1. The first-order valence-electron chi connectivity index (χ1n) is 7.92. The molecule has 27 heavy (non-hydrogen) atoms. The third-order valence-electron chi connectivity index (χ3n) is 3.63. The van der Waals surface area contributed by atoms with Crippen molar-refractivity contribution in [1.82, 2.24) is 4.98 Å². The van der Waals surface area contributed by atoms with Gasteiger partial charge in [-0.1, -0.05) is 34.1 Å². The van der Waals surface area contributed by atoms with Gasteiger partial charge in [0.15, 0.2) is 5.13 Å². The van der Waals surface area contributed by atoms with E-state index in [4.69, 9.17) is 0 Å². The van der Waals surface area contributed by atoms with Gasteiger partial charge in [0.2, 0.25) is 5.91 Å². The largest absolute Gasteiger partial charge is 0.326 e. The molecular weight excluding hydrogens is 450 g/mol. The Morgan fingerprint density at radius 1 is 1.19 bits per heavy atom. The monoisotopic (exact) mass is 465 g/mol. The molecule has 2 aromatic carbocycles. The second kappa shape index (κ2) is 8.20. The van der Waals surface area contributed by atoms with Crippen LogP contribution in [0.15, 0.2) is 63.3 Å². The van der Waals surface area contributed by atoms with Crippen LogP contribution in [-0.4, -0.2) is 19.3 Å². The van der Waals surface area contributed by atoms with Crippen molar-refractivity contribution in [3.8, 4) is 0 Å². The van der Waals surface area contributed by atoms with E-state index in [1.807, 2.05) is 25.1 Å². The SMILES string of the molecule is Cc1cc(Br)ccc1NC(=O)Cc1csc(NS(=O)(=O)c2ccccc2)n1. The number of carbonyl (C=O) groups excluding carboxylic acids is 1. The zero-order valence-corrected chi connectivity index (χ0v) is 17.5. The minimum Gasteiger partial charge on any atom is -0.326 e. The summed E-state index contributed by atoms with van der Waals surface area (Å²) in [6.45, 7) is 1.90. The lowest BCUT2D eigenvalue weighted by Gasteiger charge is -2.08. The molecule has 0 aliphatic heterocycles. The molecule has 0 bridgehead atoms. The van der Waals surface area contributed by atoms with Gasteiger partial charge >= 0.3 is 0 Å². The summed E-state index contributed by atoms with van der Waals surface area (Å²) in [4.78, 5) is 16.6. The number of benzene rings is 2. The average Bonchev–Trinajstić information content (AvgIpc) is 3.04. The fourth-order valence-electron chi connectivity index (χ4n) is 2.33. The zero-order valence-electron chi connectivity index (χ0n) is 14.3. The number of hydrogen-bond acceptors (Lipinski definition) is 5. The van der Waals surface area contributed by atoms with Crippen molar-refractivity contribution in [1.29, 1.82) is 0 Å². The van der Waals surface area contributed by atoms with Crippen molar-refractivity contribution < 1.29 is 13.2 Å². The van der Waals surface area contributed by atoms with Crippen LogP contribution in [0.1, 0.15) is 11.3 Å². The predicted octanol–water partition coefficient (Wildman–Crippen LogP) is 4.20. The van der Waals surface area contributed by atoms with Crippen molar-refractivity contribution in [3.05, 3.63) is 69.6 Å². The molecule has 0 atom stereocenters. The molecule has 0 spiro atoms. The molecule has 0 saturated heterocycles. The molecule has 0 saturated carbocycles. The summed E-state index contributed by atoms with van der Waals surface area (Å²) in [6, 6.07) is 13.6. The quantitative estimate of drug-likeness (QED) is 0.570. The molecular formula is C18H16BrN3O3S2. The van der Waals surface area contributed by atoms with Gasteiger partial charge in [0, 0.05) is 15.5 Å². The number of aromatic nitrogens is 1. The number of aryl methyl sites for hydroxylation is 1. The van der Waals surface area contributed by atoms with Crippen LogP contribution in [0.5, 0.6) is 0 Å². The lowest BCUT2D eigenvalue weighted by molar-refractivity contribution is -0.115. The zero-order chi connectivity index (χ0) is 19.4. The van der Waals surface area contributed by atoms with Gasteiger partial charge in [-0.3, -0.25) is 9.52 Å². The molecule has 0 unspecified atom stereocenters. The van der Waals surface area contributed by atoms with E-state index in [0.29, 0.717) is 5.69 Å². The van der Waals surface area contributed by atoms with Gasteiger partial charge in [-0.25, -0.2) is 13.4 Å². The highest BCUT2D eigenvalue weighted by Crippen LogP contribution is 2.22. The molecule has 0 fully saturated rings. The van der Waals surface area contributed by atoms with Gasteiger partial charge in [0.25, 0.3) is 10.0 Å². The van der Waals surface area contributed by atoms with Crippen LogP contribution in [0.25, 0.3) is 0 Å². The van der Waals surface area contributed by atoms with E-state index in [1.165, 1.54) is 12.1 Å². The standard InChI is InChI=1S/C18H16BrN3O3S2/c1-12-9-13(19)7-8-16(12)21-17(23)10-14-11-26-18(20-14)22-27(24,25)15-5-3-2-4-6-15/h2-9,11H,10H2,1H3,(H,20,22)(H,21,23). The molecule has 0 radical (unpaired) electrons. The molecule has 0 aliphatic rings. The predicted molar refractivity (Wildman–Crippen MR) is 111 cm³/mol.